The summed E-state index contributed by atoms with van der Waals surface area (Å²) in [6.45, 7) is 1.08. The number of hydrogen-bond acceptors (Lipinski definition) is 14. The minimum Gasteiger partial charge on any atom is -0.480 e. The third kappa shape index (κ3) is 37.8. The summed E-state index contributed by atoms with van der Waals surface area (Å²) in [5, 5.41) is 61.9. The summed E-state index contributed by atoms with van der Waals surface area (Å²) in [6, 6.07) is -2.48. The van der Waals surface area contributed by atoms with Gasteiger partial charge in [-0.2, -0.15) is 0 Å². The van der Waals surface area contributed by atoms with Crippen LogP contribution < -0.4 is 45.0 Å². The standard InChI is InChI=1S/C6H14N4O2.2C5H9NO2.C3H7NO3.2C2H5NO2/c7-4(5(11)12)2-1-3-10-6(8)9;2*7-5(8)4-2-1-3-6-4;4-2(1-5)3(6)7;2*3-1-2(4)5/h4H,1-3,7H2,(H,11,12)(H4,8,9,10);2*4,6H,1-3H2,(H,7,8);2,5H,1,4H2,(H,6,7);2*1,3H2,(H,4,5)/t;2*4-;;;/m.00.../s1. The molecule has 0 spiro atoms. The number of aliphatic imine (C=N–C) groups is 1. The van der Waals surface area contributed by atoms with Crippen molar-refractivity contribution in [3.63, 3.8) is 0 Å². The molecule has 2 aliphatic rings. The quantitative estimate of drug-likeness (QED) is 0.0558. The molecule has 2 saturated heterocycles. The molecule has 2 heterocycles. The van der Waals surface area contributed by atoms with E-state index in [-0.39, 0.29) is 31.1 Å². The lowest BCUT2D eigenvalue weighted by Gasteiger charge is -2.03. The van der Waals surface area contributed by atoms with Crippen LogP contribution in [-0.4, -0.2) is 141 Å². The molecule has 45 heavy (non-hydrogen) atoms. The zero-order valence-electron chi connectivity index (χ0n) is 24.8. The lowest BCUT2D eigenvalue weighted by Crippen LogP contribution is -2.33. The molecule has 0 amide bonds. The first-order chi connectivity index (χ1) is 20.9. The van der Waals surface area contributed by atoms with Crippen LogP contribution in [-0.2, 0) is 28.8 Å². The molecule has 2 unspecified atom stereocenters. The molecule has 0 aromatic heterocycles. The molecule has 264 valence electrons. The maximum absolute atomic E-state index is 10.2. The Morgan fingerprint density at radius 3 is 1.22 bits per heavy atom. The van der Waals surface area contributed by atoms with Crippen molar-refractivity contribution in [1.29, 1.82) is 0 Å². The molecular weight excluding hydrogens is 610 g/mol. The second-order valence-electron chi connectivity index (χ2n) is 8.69. The number of nitrogens with zero attached hydrogens (tertiary/aromatic N) is 1. The van der Waals surface area contributed by atoms with Gasteiger partial charge in [0.2, 0.25) is 0 Å². The molecule has 22 heteroatoms. The van der Waals surface area contributed by atoms with Gasteiger partial charge < -0.3 is 80.8 Å². The van der Waals surface area contributed by atoms with Gasteiger partial charge in [-0.05, 0) is 51.6 Å². The molecule has 0 aliphatic carbocycles. The van der Waals surface area contributed by atoms with E-state index in [0.29, 0.717) is 19.4 Å². The summed E-state index contributed by atoms with van der Waals surface area (Å²) in [5.74, 6) is -5.54. The highest BCUT2D eigenvalue weighted by atomic mass is 16.4. The van der Waals surface area contributed by atoms with Gasteiger partial charge in [-0.1, -0.05) is 0 Å². The Balaban J connectivity index is -0.000000230. The Hall–Kier alpha value is -4.19. The SMILES string of the molecule is NC(CO)C(=O)O.NC(N)=NCCCC(N)C(=O)O.NCC(=O)O.NCC(=O)O.O=C(O)[C@@H]1CCCN1.O=C(O)[C@@H]1CCCN1. The van der Waals surface area contributed by atoms with E-state index in [9.17, 15) is 28.8 Å². The monoisotopic (exact) mass is 659 g/mol. The smallest absolute Gasteiger partial charge is 0.322 e. The first-order valence-electron chi connectivity index (χ1n) is 13.3. The van der Waals surface area contributed by atoms with Gasteiger partial charge in [0.15, 0.2) is 5.96 Å². The predicted octanol–water partition coefficient (Wildman–Crippen LogP) is -5.45. The van der Waals surface area contributed by atoms with Gasteiger partial charge in [0, 0.05) is 6.54 Å². The van der Waals surface area contributed by atoms with Crippen LogP contribution in [0.25, 0.3) is 0 Å². The number of carboxylic acid groups (broad SMARTS) is 6. The fourth-order valence-corrected chi connectivity index (χ4v) is 2.51. The van der Waals surface area contributed by atoms with E-state index >= 15 is 0 Å². The molecule has 2 rings (SSSR count). The molecular formula is C23H49N9O13. The topological polar surface area (TPSA) is 437 Å². The summed E-state index contributed by atoms with van der Waals surface area (Å²) < 4.78 is 0. The maximum Gasteiger partial charge on any atom is 0.322 e. The lowest BCUT2D eigenvalue weighted by atomic mass is 10.2. The molecule has 0 radical (unpaired) electrons. The molecule has 2 aliphatic heterocycles. The fourth-order valence-electron chi connectivity index (χ4n) is 2.51. The number of aliphatic carboxylic acids is 6. The van der Waals surface area contributed by atoms with Crippen LogP contribution in [0.1, 0.15) is 38.5 Å². The van der Waals surface area contributed by atoms with E-state index in [0.717, 1.165) is 38.8 Å². The Kier molecular flexibility index (Phi) is 33.1. The van der Waals surface area contributed by atoms with Crippen LogP contribution in [0.5, 0.6) is 0 Å². The van der Waals surface area contributed by atoms with Gasteiger partial charge in [-0.25, -0.2) is 0 Å². The van der Waals surface area contributed by atoms with E-state index in [1.807, 2.05) is 0 Å². The van der Waals surface area contributed by atoms with Crippen molar-refractivity contribution in [2.24, 2.45) is 39.4 Å². The number of nitrogens with one attached hydrogen (secondary N) is 2. The second-order valence-corrected chi connectivity index (χ2v) is 8.69. The molecule has 4 atom stereocenters. The van der Waals surface area contributed by atoms with Crippen LogP contribution in [0.4, 0.5) is 0 Å². The molecule has 0 aromatic rings. The van der Waals surface area contributed by atoms with Crippen molar-refractivity contribution >= 4 is 41.8 Å². The minimum atomic E-state index is -1.18. The Morgan fingerprint density at radius 1 is 0.711 bits per heavy atom. The first kappa shape index (κ1) is 47.7. The van der Waals surface area contributed by atoms with Crippen molar-refractivity contribution in [2.45, 2.75) is 62.7 Å². The normalized spacial score (nSPS) is 17.0. The maximum atomic E-state index is 10.2. The number of carboxylic acids is 6. The summed E-state index contributed by atoms with van der Waals surface area (Å²) in [6.07, 6.45) is 4.52. The number of guanidine groups is 1. The summed E-state index contributed by atoms with van der Waals surface area (Å²) in [5.41, 5.74) is 29.2. The Morgan fingerprint density at radius 2 is 1.07 bits per heavy atom. The Bertz CT molecular complexity index is 839. The zero-order chi connectivity index (χ0) is 36.0. The van der Waals surface area contributed by atoms with Crippen molar-refractivity contribution in [3.8, 4) is 0 Å². The van der Waals surface area contributed by atoms with Gasteiger partial charge in [0.1, 0.15) is 24.2 Å². The molecule has 22 nitrogen and oxygen atoms in total. The third-order valence-corrected chi connectivity index (χ3v) is 4.86. The highest BCUT2D eigenvalue weighted by molar-refractivity contribution is 5.76. The highest BCUT2D eigenvalue weighted by Crippen LogP contribution is 2.04. The molecule has 21 N–H and O–H groups in total. The molecule has 0 bridgehead atoms. The third-order valence-electron chi connectivity index (χ3n) is 4.86. The van der Waals surface area contributed by atoms with Crippen molar-refractivity contribution in [1.82, 2.24) is 10.6 Å². The van der Waals surface area contributed by atoms with Crippen LogP contribution in [0.15, 0.2) is 4.99 Å². The van der Waals surface area contributed by atoms with E-state index in [1.165, 1.54) is 0 Å². The average Bonchev–Trinajstić information content (AvgIpc) is 3.71. The van der Waals surface area contributed by atoms with E-state index < -0.39 is 54.5 Å². The van der Waals surface area contributed by atoms with E-state index in [4.69, 9.17) is 58.7 Å². The van der Waals surface area contributed by atoms with Crippen molar-refractivity contribution < 1.29 is 64.5 Å². The summed E-state index contributed by atoms with van der Waals surface area (Å²) >= 11 is 0. The average molecular weight is 660 g/mol. The van der Waals surface area contributed by atoms with E-state index in [1.54, 1.807) is 0 Å². The number of aliphatic hydroxyl groups is 1. The first-order valence-corrected chi connectivity index (χ1v) is 13.3. The van der Waals surface area contributed by atoms with Gasteiger partial charge >= 0.3 is 35.8 Å². The summed E-state index contributed by atoms with van der Waals surface area (Å²) in [7, 11) is 0. The van der Waals surface area contributed by atoms with Crippen LogP contribution in [0.3, 0.4) is 0 Å². The van der Waals surface area contributed by atoms with Crippen molar-refractivity contribution in [3.05, 3.63) is 0 Å². The molecule has 0 saturated carbocycles. The lowest BCUT2D eigenvalue weighted by molar-refractivity contribution is -0.140. The predicted molar refractivity (Wildman–Crippen MR) is 159 cm³/mol. The highest BCUT2D eigenvalue weighted by Gasteiger charge is 2.20. The molecule has 0 aromatic carbocycles. The van der Waals surface area contributed by atoms with Gasteiger partial charge in [0.05, 0.1) is 19.7 Å². The number of nitrogens with two attached hydrogens (primary N) is 6. The minimum absolute atomic E-state index is 0.0129. The summed E-state index contributed by atoms with van der Waals surface area (Å²) in [4.78, 5) is 62.3. The number of hydrogen-bond donors (Lipinski definition) is 15. The van der Waals surface area contributed by atoms with Gasteiger partial charge in [-0.15, -0.1) is 0 Å². The fraction of sp³-hybridized carbons (Fsp3) is 0.696. The Labute approximate surface area is 258 Å². The van der Waals surface area contributed by atoms with Crippen LogP contribution >= 0.6 is 0 Å². The molecule has 2 fully saturated rings. The zero-order valence-corrected chi connectivity index (χ0v) is 24.8. The van der Waals surface area contributed by atoms with Gasteiger partial charge in [-0.3, -0.25) is 33.8 Å². The van der Waals surface area contributed by atoms with Crippen molar-refractivity contribution in [2.75, 3.05) is 39.3 Å². The van der Waals surface area contributed by atoms with E-state index in [2.05, 4.69) is 27.1 Å². The number of aliphatic hydroxyl groups excluding tert-OH is 1. The largest absolute Gasteiger partial charge is 0.480 e. The second kappa shape index (κ2) is 31.2. The number of carbonyl (C=O) groups is 6. The van der Waals surface area contributed by atoms with Crippen LogP contribution in [0, 0.1) is 0 Å². The number of rotatable bonds is 11. The van der Waals surface area contributed by atoms with Crippen LogP contribution in [0.2, 0.25) is 0 Å². The van der Waals surface area contributed by atoms with Gasteiger partial charge in [0.25, 0.3) is 0 Å².